The Morgan fingerprint density at radius 3 is 2.93 bits per heavy atom. The van der Waals surface area contributed by atoms with Crippen LogP contribution in [0.5, 0.6) is 0 Å². The first-order valence-electron chi connectivity index (χ1n) is 4.64. The molecule has 2 atom stereocenters. The van der Waals surface area contributed by atoms with Crippen molar-refractivity contribution in [1.29, 1.82) is 0 Å². The Labute approximate surface area is 96.2 Å². The maximum absolute atomic E-state index is 11.4. The minimum Gasteiger partial charge on any atom is -0.335 e. The number of thioether (sulfide) groups is 1. The van der Waals surface area contributed by atoms with Gasteiger partial charge in [0.2, 0.25) is 10.3 Å². The van der Waals surface area contributed by atoms with Crippen molar-refractivity contribution in [3.63, 3.8) is 0 Å². The minimum absolute atomic E-state index is 0.187. The molecule has 5 nitrogen and oxygen atoms in total. The Morgan fingerprint density at radius 1 is 1.67 bits per heavy atom. The molecule has 0 aromatic carbocycles. The highest BCUT2D eigenvalue weighted by Crippen LogP contribution is 2.29. The van der Waals surface area contributed by atoms with Crippen molar-refractivity contribution in [3.8, 4) is 0 Å². The molecule has 1 heterocycles. The quantitative estimate of drug-likeness (QED) is 0.795. The summed E-state index contributed by atoms with van der Waals surface area (Å²) < 4.78 is 4.05. The van der Waals surface area contributed by atoms with Gasteiger partial charge in [-0.3, -0.25) is 5.32 Å². The van der Waals surface area contributed by atoms with Crippen LogP contribution >= 0.6 is 23.3 Å². The monoisotopic (exact) mass is 244 g/mol. The van der Waals surface area contributed by atoms with E-state index in [2.05, 4.69) is 26.9 Å². The Morgan fingerprint density at radius 2 is 2.40 bits per heavy atom. The van der Waals surface area contributed by atoms with Gasteiger partial charge in [0, 0.05) is 17.6 Å². The van der Waals surface area contributed by atoms with Gasteiger partial charge in [-0.25, -0.2) is 4.79 Å². The summed E-state index contributed by atoms with van der Waals surface area (Å²) in [5.74, 6) is 0.604. The molecule has 0 aliphatic heterocycles. The fourth-order valence-electron chi connectivity index (χ4n) is 1.17. The lowest BCUT2D eigenvalue weighted by Gasteiger charge is -2.02. The zero-order valence-electron chi connectivity index (χ0n) is 8.48. The van der Waals surface area contributed by atoms with Gasteiger partial charge in [0.1, 0.15) is 0 Å². The van der Waals surface area contributed by atoms with E-state index >= 15 is 0 Å². The SMILES string of the molecule is CSc1nsc(NC(=O)NC2CC2C)n1. The van der Waals surface area contributed by atoms with Gasteiger partial charge < -0.3 is 5.32 Å². The Hall–Kier alpha value is -0.820. The number of carbonyl (C=O) groups is 1. The number of amides is 2. The van der Waals surface area contributed by atoms with Gasteiger partial charge in [0.25, 0.3) is 0 Å². The number of hydrogen-bond donors (Lipinski definition) is 2. The summed E-state index contributed by atoms with van der Waals surface area (Å²) in [4.78, 5) is 15.5. The molecule has 2 rings (SSSR count). The highest BCUT2D eigenvalue weighted by atomic mass is 32.2. The van der Waals surface area contributed by atoms with Crippen LogP contribution in [0.25, 0.3) is 0 Å². The second kappa shape index (κ2) is 4.36. The summed E-state index contributed by atoms with van der Waals surface area (Å²) in [5.41, 5.74) is 0. The summed E-state index contributed by atoms with van der Waals surface area (Å²) in [6, 6.07) is 0.145. The molecule has 15 heavy (non-hydrogen) atoms. The molecule has 0 radical (unpaired) electrons. The van der Waals surface area contributed by atoms with Crippen LogP contribution in [0.3, 0.4) is 0 Å². The molecule has 1 aromatic rings. The average molecular weight is 244 g/mol. The summed E-state index contributed by atoms with van der Waals surface area (Å²) in [6.45, 7) is 2.11. The summed E-state index contributed by atoms with van der Waals surface area (Å²) in [7, 11) is 0. The van der Waals surface area contributed by atoms with Crippen LogP contribution in [0.2, 0.25) is 0 Å². The van der Waals surface area contributed by atoms with Crippen molar-refractivity contribution >= 4 is 34.5 Å². The van der Waals surface area contributed by atoms with Gasteiger partial charge in [-0.05, 0) is 18.6 Å². The van der Waals surface area contributed by atoms with Gasteiger partial charge in [0.15, 0.2) is 0 Å². The lowest BCUT2D eigenvalue weighted by molar-refractivity contribution is 0.251. The standard InChI is InChI=1S/C8H12N4OS2/c1-4-3-5(4)9-6(13)10-7-11-8(14-2)12-15-7/h4-5H,3H2,1-2H3,(H2,9,10,11,12,13). The fourth-order valence-corrected chi connectivity index (χ4v) is 2.29. The highest BCUT2D eigenvalue weighted by Gasteiger charge is 2.33. The van der Waals surface area contributed by atoms with E-state index in [0.29, 0.717) is 22.2 Å². The van der Waals surface area contributed by atoms with Gasteiger partial charge in [-0.2, -0.15) is 9.36 Å². The van der Waals surface area contributed by atoms with Crippen molar-refractivity contribution < 1.29 is 4.79 Å². The molecule has 1 aromatic heterocycles. The molecule has 0 spiro atoms. The first-order valence-corrected chi connectivity index (χ1v) is 6.64. The number of nitrogens with zero attached hydrogens (tertiary/aromatic N) is 2. The van der Waals surface area contributed by atoms with Gasteiger partial charge >= 0.3 is 6.03 Å². The molecule has 1 aliphatic rings. The molecule has 82 valence electrons. The number of aromatic nitrogens is 2. The first-order chi connectivity index (χ1) is 7.19. The van der Waals surface area contributed by atoms with Crippen molar-refractivity contribution in [2.75, 3.05) is 11.6 Å². The number of urea groups is 1. The highest BCUT2D eigenvalue weighted by molar-refractivity contribution is 7.98. The maximum atomic E-state index is 11.4. The van der Waals surface area contributed by atoms with Gasteiger partial charge in [-0.1, -0.05) is 18.7 Å². The number of carbonyl (C=O) groups excluding carboxylic acids is 1. The molecule has 0 saturated heterocycles. The third kappa shape index (κ3) is 2.82. The normalized spacial score (nSPS) is 23.6. The Balaban J connectivity index is 1.82. The maximum Gasteiger partial charge on any atom is 0.321 e. The van der Waals surface area contributed by atoms with Gasteiger partial charge in [-0.15, -0.1) is 0 Å². The van der Waals surface area contributed by atoms with Crippen LogP contribution in [0.4, 0.5) is 9.93 Å². The molecular formula is C8H12N4OS2. The van der Waals surface area contributed by atoms with E-state index in [1.54, 1.807) is 0 Å². The lowest BCUT2D eigenvalue weighted by Crippen LogP contribution is -2.31. The van der Waals surface area contributed by atoms with E-state index in [1.165, 1.54) is 23.3 Å². The predicted octanol–water partition coefficient (Wildman–Crippen LogP) is 1.79. The topological polar surface area (TPSA) is 66.9 Å². The van der Waals surface area contributed by atoms with Crippen molar-refractivity contribution in [2.24, 2.45) is 5.92 Å². The molecule has 7 heteroatoms. The van der Waals surface area contributed by atoms with Gasteiger partial charge in [0.05, 0.1) is 0 Å². The molecule has 2 N–H and O–H groups in total. The fraction of sp³-hybridized carbons (Fsp3) is 0.625. The third-order valence-corrected chi connectivity index (χ3v) is 3.53. The van der Waals surface area contributed by atoms with Crippen molar-refractivity contribution in [3.05, 3.63) is 0 Å². The third-order valence-electron chi connectivity index (χ3n) is 2.24. The second-order valence-electron chi connectivity index (χ2n) is 3.50. The lowest BCUT2D eigenvalue weighted by atomic mass is 10.5. The van der Waals surface area contributed by atoms with E-state index < -0.39 is 0 Å². The van der Waals surface area contributed by atoms with Crippen molar-refractivity contribution in [1.82, 2.24) is 14.7 Å². The zero-order chi connectivity index (χ0) is 10.8. The van der Waals surface area contributed by atoms with Crippen molar-refractivity contribution in [2.45, 2.75) is 24.5 Å². The molecule has 2 unspecified atom stereocenters. The largest absolute Gasteiger partial charge is 0.335 e. The van der Waals surface area contributed by atoms with E-state index in [1.807, 2.05) is 6.26 Å². The first kappa shape index (κ1) is 10.7. The van der Waals surface area contributed by atoms with E-state index in [0.717, 1.165) is 6.42 Å². The molecule has 0 bridgehead atoms. The number of nitrogens with one attached hydrogen (secondary N) is 2. The molecule has 2 amide bonds. The summed E-state index contributed by atoms with van der Waals surface area (Å²) in [6.07, 6.45) is 2.97. The van der Waals surface area contributed by atoms with Crippen LogP contribution in [-0.2, 0) is 0 Å². The van der Waals surface area contributed by atoms with Crippen LogP contribution in [-0.4, -0.2) is 27.7 Å². The van der Waals surface area contributed by atoms with E-state index in [9.17, 15) is 4.79 Å². The molecule has 1 fully saturated rings. The predicted molar refractivity (Wildman–Crippen MR) is 61.4 cm³/mol. The minimum atomic E-state index is -0.187. The van der Waals surface area contributed by atoms with E-state index in [4.69, 9.17) is 0 Å². The summed E-state index contributed by atoms with van der Waals surface area (Å²) in [5, 5.41) is 6.77. The number of hydrogen-bond acceptors (Lipinski definition) is 5. The zero-order valence-corrected chi connectivity index (χ0v) is 10.1. The summed E-state index contributed by atoms with van der Waals surface area (Å²) >= 11 is 2.66. The smallest absolute Gasteiger partial charge is 0.321 e. The van der Waals surface area contributed by atoms with Crippen LogP contribution in [0.1, 0.15) is 13.3 Å². The van der Waals surface area contributed by atoms with Crippen LogP contribution < -0.4 is 10.6 Å². The average Bonchev–Trinajstić information content (AvgIpc) is 2.72. The van der Waals surface area contributed by atoms with Crippen LogP contribution in [0, 0.1) is 5.92 Å². The molecule has 1 aliphatic carbocycles. The molecule has 1 saturated carbocycles. The second-order valence-corrected chi connectivity index (χ2v) is 5.03. The molecular weight excluding hydrogens is 232 g/mol. The Kier molecular flexibility index (Phi) is 3.11. The number of anilines is 1. The Bertz CT molecular complexity index is 367. The van der Waals surface area contributed by atoms with E-state index in [-0.39, 0.29) is 6.03 Å². The number of rotatable bonds is 3. The van der Waals surface area contributed by atoms with Crippen LogP contribution in [0.15, 0.2) is 5.16 Å².